The Kier molecular flexibility index (Phi) is 5.29. The van der Waals surface area contributed by atoms with E-state index in [1.54, 1.807) is 4.90 Å². The second kappa shape index (κ2) is 6.80. The van der Waals surface area contributed by atoms with Crippen molar-refractivity contribution in [3.05, 3.63) is 42.0 Å². The normalized spacial score (nSPS) is 10.9. The molecule has 3 heteroatoms. The van der Waals surface area contributed by atoms with Crippen molar-refractivity contribution < 1.29 is 9.53 Å². The van der Waals surface area contributed by atoms with Crippen LogP contribution in [0.3, 0.4) is 0 Å². The summed E-state index contributed by atoms with van der Waals surface area (Å²) >= 11 is 0. The van der Waals surface area contributed by atoms with Crippen molar-refractivity contribution in [3.63, 3.8) is 0 Å². The highest BCUT2D eigenvalue weighted by atomic mass is 16.5. The lowest BCUT2D eigenvalue weighted by molar-refractivity contribution is -0.143. The molecule has 0 aliphatic carbocycles. The standard InChI is InChI=1S/C13H17NO2/c1-14(2)11-13(15)16-10-6-9-12-7-4-3-5-8-12/h3-9H,10-11H2,1-2H3. The molecule has 0 aromatic heterocycles. The average Bonchev–Trinajstić information content (AvgIpc) is 2.25. The predicted molar refractivity (Wildman–Crippen MR) is 65.0 cm³/mol. The minimum absolute atomic E-state index is 0.206. The molecule has 3 nitrogen and oxygen atoms in total. The van der Waals surface area contributed by atoms with Gasteiger partial charge >= 0.3 is 5.97 Å². The first-order valence-electron chi connectivity index (χ1n) is 5.20. The third kappa shape index (κ3) is 5.32. The van der Waals surface area contributed by atoms with Crippen LogP contribution in [0.1, 0.15) is 5.56 Å². The minimum Gasteiger partial charge on any atom is -0.460 e. The van der Waals surface area contributed by atoms with E-state index in [0.29, 0.717) is 13.2 Å². The van der Waals surface area contributed by atoms with Gasteiger partial charge in [-0.25, -0.2) is 0 Å². The molecule has 0 bridgehead atoms. The number of carbonyl (C=O) groups is 1. The Morgan fingerprint density at radius 3 is 2.62 bits per heavy atom. The maximum absolute atomic E-state index is 11.2. The van der Waals surface area contributed by atoms with E-state index in [1.165, 1.54) is 0 Å². The lowest BCUT2D eigenvalue weighted by atomic mass is 10.2. The Hall–Kier alpha value is -1.61. The van der Waals surface area contributed by atoms with Crippen molar-refractivity contribution >= 4 is 12.0 Å². The van der Waals surface area contributed by atoms with Crippen molar-refractivity contribution in [1.29, 1.82) is 0 Å². The zero-order chi connectivity index (χ0) is 11.8. The zero-order valence-electron chi connectivity index (χ0n) is 9.72. The quantitative estimate of drug-likeness (QED) is 0.707. The molecule has 1 aromatic carbocycles. The number of rotatable bonds is 5. The van der Waals surface area contributed by atoms with E-state index in [1.807, 2.05) is 56.6 Å². The number of hydrogen-bond donors (Lipinski definition) is 0. The van der Waals surface area contributed by atoms with Gasteiger partial charge in [0, 0.05) is 0 Å². The molecule has 0 heterocycles. The molecule has 0 unspecified atom stereocenters. The van der Waals surface area contributed by atoms with Crippen LogP contribution in [-0.2, 0) is 9.53 Å². The van der Waals surface area contributed by atoms with Gasteiger partial charge in [0.05, 0.1) is 6.54 Å². The molecule has 0 aliphatic rings. The van der Waals surface area contributed by atoms with Gasteiger partial charge < -0.3 is 4.74 Å². The second-order valence-corrected chi connectivity index (χ2v) is 3.73. The van der Waals surface area contributed by atoms with Gasteiger partial charge in [-0.05, 0) is 25.7 Å². The second-order valence-electron chi connectivity index (χ2n) is 3.73. The van der Waals surface area contributed by atoms with Gasteiger partial charge in [0.25, 0.3) is 0 Å². The molecule has 0 saturated carbocycles. The van der Waals surface area contributed by atoms with E-state index < -0.39 is 0 Å². The van der Waals surface area contributed by atoms with Crippen LogP contribution in [0.25, 0.3) is 6.08 Å². The van der Waals surface area contributed by atoms with Gasteiger partial charge in [-0.2, -0.15) is 0 Å². The van der Waals surface area contributed by atoms with Crippen LogP contribution in [0.2, 0.25) is 0 Å². The van der Waals surface area contributed by atoms with Crippen molar-refractivity contribution in [2.24, 2.45) is 0 Å². The van der Waals surface area contributed by atoms with Crippen LogP contribution in [0.15, 0.2) is 36.4 Å². The van der Waals surface area contributed by atoms with Gasteiger partial charge in [-0.15, -0.1) is 0 Å². The summed E-state index contributed by atoms with van der Waals surface area (Å²) in [5, 5.41) is 0. The predicted octanol–water partition coefficient (Wildman–Crippen LogP) is 1.80. The molecule has 0 fully saturated rings. The van der Waals surface area contributed by atoms with Crippen LogP contribution < -0.4 is 0 Å². The number of hydrogen-bond acceptors (Lipinski definition) is 3. The fourth-order valence-electron chi connectivity index (χ4n) is 1.19. The third-order valence-corrected chi connectivity index (χ3v) is 1.90. The first-order valence-corrected chi connectivity index (χ1v) is 5.20. The van der Waals surface area contributed by atoms with Crippen LogP contribution in [0.5, 0.6) is 0 Å². The lowest BCUT2D eigenvalue weighted by Gasteiger charge is -2.07. The van der Waals surface area contributed by atoms with Gasteiger partial charge in [0.2, 0.25) is 0 Å². The van der Waals surface area contributed by atoms with Crippen LogP contribution >= 0.6 is 0 Å². The summed E-state index contributed by atoms with van der Waals surface area (Å²) < 4.78 is 5.01. The molecule has 0 amide bonds. The van der Waals surface area contributed by atoms with E-state index in [0.717, 1.165) is 5.56 Å². The maximum Gasteiger partial charge on any atom is 0.320 e. The van der Waals surface area contributed by atoms with E-state index in [4.69, 9.17) is 4.74 Å². The highest BCUT2D eigenvalue weighted by molar-refractivity contribution is 5.71. The van der Waals surface area contributed by atoms with Gasteiger partial charge in [0.1, 0.15) is 6.61 Å². The van der Waals surface area contributed by atoms with E-state index in [9.17, 15) is 4.79 Å². The highest BCUT2D eigenvalue weighted by Gasteiger charge is 2.01. The summed E-state index contributed by atoms with van der Waals surface area (Å²) in [5.74, 6) is -0.206. The van der Waals surface area contributed by atoms with E-state index in [2.05, 4.69) is 0 Å². The molecule has 0 atom stereocenters. The summed E-state index contributed by atoms with van der Waals surface area (Å²) in [6.45, 7) is 0.640. The van der Waals surface area contributed by atoms with Gasteiger partial charge in [-0.1, -0.05) is 36.4 Å². The van der Waals surface area contributed by atoms with Crippen LogP contribution in [0, 0.1) is 0 Å². The number of carbonyl (C=O) groups excluding carboxylic acids is 1. The van der Waals surface area contributed by atoms with Crippen molar-refractivity contribution in [2.45, 2.75) is 0 Å². The van der Waals surface area contributed by atoms with E-state index >= 15 is 0 Å². The zero-order valence-corrected chi connectivity index (χ0v) is 9.72. The van der Waals surface area contributed by atoms with Crippen molar-refractivity contribution in [3.8, 4) is 0 Å². The van der Waals surface area contributed by atoms with Gasteiger partial charge in [0.15, 0.2) is 0 Å². The summed E-state index contributed by atoms with van der Waals surface area (Å²) in [6, 6.07) is 9.90. The molecule has 0 N–H and O–H groups in total. The van der Waals surface area contributed by atoms with Crippen LogP contribution in [-0.4, -0.2) is 38.1 Å². The summed E-state index contributed by atoms with van der Waals surface area (Å²) in [6.07, 6.45) is 3.77. The molecule has 16 heavy (non-hydrogen) atoms. The topological polar surface area (TPSA) is 29.5 Å². The summed E-state index contributed by atoms with van der Waals surface area (Å²) in [7, 11) is 3.67. The molecule has 0 saturated heterocycles. The van der Waals surface area contributed by atoms with Gasteiger partial charge in [-0.3, -0.25) is 9.69 Å². The summed E-state index contributed by atoms with van der Waals surface area (Å²) in [4.78, 5) is 12.9. The molecule has 0 radical (unpaired) electrons. The third-order valence-electron chi connectivity index (χ3n) is 1.90. The number of nitrogens with zero attached hydrogens (tertiary/aromatic N) is 1. The fraction of sp³-hybridized carbons (Fsp3) is 0.308. The molecule has 0 aliphatic heterocycles. The number of benzene rings is 1. The van der Waals surface area contributed by atoms with E-state index in [-0.39, 0.29) is 5.97 Å². The molecule has 86 valence electrons. The highest BCUT2D eigenvalue weighted by Crippen LogP contribution is 2.00. The molecular formula is C13H17NO2. The largest absolute Gasteiger partial charge is 0.460 e. The van der Waals surface area contributed by atoms with Crippen molar-refractivity contribution in [2.75, 3.05) is 27.2 Å². The Labute approximate surface area is 96.3 Å². The average molecular weight is 219 g/mol. The smallest absolute Gasteiger partial charge is 0.320 e. The molecular weight excluding hydrogens is 202 g/mol. The summed E-state index contributed by atoms with van der Waals surface area (Å²) in [5.41, 5.74) is 1.10. The first-order chi connectivity index (χ1) is 7.68. The minimum atomic E-state index is -0.206. The molecule has 1 aromatic rings. The molecule has 0 spiro atoms. The first kappa shape index (κ1) is 12.5. The molecule has 1 rings (SSSR count). The number of likely N-dealkylation sites (N-methyl/N-ethyl adjacent to an activating group) is 1. The lowest BCUT2D eigenvalue weighted by Crippen LogP contribution is -2.23. The Morgan fingerprint density at radius 2 is 2.00 bits per heavy atom. The SMILES string of the molecule is CN(C)CC(=O)OCC=Cc1ccccc1. The Bertz CT molecular complexity index is 344. The monoisotopic (exact) mass is 219 g/mol. The number of esters is 1. The van der Waals surface area contributed by atoms with Crippen LogP contribution in [0.4, 0.5) is 0 Å². The van der Waals surface area contributed by atoms with Crippen molar-refractivity contribution in [1.82, 2.24) is 4.90 Å². The Morgan fingerprint density at radius 1 is 1.31 bits per heavy atom. The number of ether oxygens (including phenoxy) is 1. The maximum atomic E-state index is 11.2. The Balaban J connectivity index is 2.25. The fourth-order valence-corrected chi connectivity index (χ4v) is 1.19.